The van der Waals surface area contributed by atoms with Crippen LogP contribution < -0.4 is 21.1 Å². The van der Waals surface area contributed by atoms with Gasteiger partial charge in [-0.2, -0.15) is 0 Å². The fourth-order valence-electron chi connectivity index (χ4n) is 7.98. The second-order valence-electron chi connectivity index (χ2n) is 17.2. The Morgan fingerprint density at radius 1 is 1.06 bits per heavy atom. The normalized spacial score (nSPS) is 23.3. The summed E-state index contributed by atoms with van der Waals surface area (Å²) in [4.78, 5) is 35.7. The lowest BCUT2D eigenvalue weighted by Gasteiger charge is -2.46. The average molecular weight is 698 g/mol. The Morgan fingerprint density at radius 3 is 2.41 bits per heavy atom. The van der Waals surface area contributed by atoms with Crippen LogP contribution in [0.1, 0.15) is 133 Å². The monoisotopic (exact) mass is 697 g/mol. The first-order valence-electron chi connectivity index (χ1n) is 19.1. The zero-order chi connectivity index (χ0) is 36.4. The van der Waals surface area contributed by atoms with Gasteiger partial charge in [0.05, 0.1) is 19.2 Å². The molecule has 0 radical (unpaired) electrons. The van der Waals surface area contributed by atoms with Crippen molar-refractivity contribution >= 4 is 23.4 Å². The number of carbonyl (C=O) groups is 2. The molecule has 276 valence electrons. The van der Waals surface area contributed by atoms with Gasteiger partial charge in [0, 0.05) is 18.2 Å². The molecule has 0 saturated heterocycles. The van der Waals surface area contributed by atoms with Gasteiger partial charge >= 0.3 is 0 Å². The summed E-state index contributed by atoms with van der Waals surface area (Å²) >= 11 is 0. The van der Waals surface area contributed by atoms with E-state index in [0.717, 1.165) is 68.2 Å². The first kappa shape index (κ1) is 36.9. The summed E-state index contributed by atoms with van der Waals surface area (Å²) in [5.74, 6) is 2.60. The van der Waals surface area contributed by atoms with Crippen LogP contribution in [0.15, 0.2) is 58.6 Å². The maximum Gasteiger partial charge on any atom is 0.275 e. The molecular weight excluding hydrogens is 638 g/mol. The van der Waals surface area contributed by atoms with E-state index in [1.807, 2.05) is 55.6 Å². The highest BCUT2D eigenvalue weighted by atomic mass is 16.5. The molecule has 1 atom stereocenters. The van der Waals surface area contributed by atoms with Gasteiger partial charge in [-0.25, -0.2) is 5.53 Å². The van der Waals surface area contributed by atoms with Crippen molar-refractivity contribution in [1.29, 1.82) is 0 Å². The number of hydrogen-bond donors (Lipinski definition) is 3. The fourth-order valence-corrected chi connectivity index (χ4v) is 7.98. The maximum atomic E-state index is 14.9. The van der Waals surface area contributed by atoms with Gasteiger partial charge in [-0.15, -0.1) is 10.6 Å². The molecule has 2 aromatic carbocycles. The summed E-state index contributed by atoms with van der Waals surface area (Å²) in [7, 11) is 1.83. The summed E-state index contributed by atoms with van der Waals surface area (Å²) in [6.45, 7) is 14.6. The molecule has 2 aliphatic heterocycles. The van der Waals surface area contributed by atoms with E-state index in [9.17, 15) is 9.59 Å². The van der Waals surface area contributed by atoms with E-state index in [4.69, 9.17) is 9.73 Å². The minimum absolute atomic E-state index is 0.00699. The lowest BCUT2D eigenvalue weighted by molar-refractivity contribution is -0.133. The van der Waals surface area contributed by atoms with E-state index in [0.29, 0.717) is 47.5 Å². The molecule has 0 aromatic heterocycles. The average Bonchev–Trinajstić information content (AvgIpc) is 3.62. The Labute approximate surface area is 304 Å². The van der Waals surface area contributed by atoms with Crippen molar-refractivity contribution in [3.63, 3.8) is 0 Å². The minimum Gasteiger partial charge on any atom is -0.494 e. The first-order chi connectivity index (χ1) is 24.3. The predicted octanol–water partition coefficient (Wildman–Crippen LogP) is 7.39. The number of rotatable bonds is 14. The third-order valence-corrected chi connectivity index (χ3v) is 11.5. The van der Waals surface area contributed by atoms with Crippen molar-refractivity contribution < 1.29 is 14.3 Å². The third kappa shape index (κ3) is 8.59. The molecule has 0 bridgehead atoms. The number of aliphatic imine (C=N–C) groups is 1. The summed E-state index contributed by atoms with van der Waals surface area (Å²) < 4.78 is 6.16. The number of carbonyl (C=O) groups excluding carboxylic acids is 2. The highest BCUT2D eigenvalue weighted by molar-refractivity contribution is 6.46. The number of amides is 2. The SMILES string of the molecule is CC(C)CCCOc1cccc(C2=NC3(CCC(C4(C)CC4)CC3)N([C@H](CCC(C)(C)C)c3ccc(C(=O)NCC4=NNNN4C)cc3)C2=O)c1. The molecule has 0 unspecified atom stereocenters. The van der Waals surface area contributed by atoms with E-state index in [1.54, 1.807) is 5.01 Å². The Bertz CT molecular complexity index is 1610. The molecule has 2 heterocycles. The topological polar surface area (TPSA) is 111 Å². The van der Waals surface area contributed by atoms with Gasteiger partial charge in [-0.05, 0) is 117 Å². The van der Waals surface area contributed by atoms with Crippen molar-refractivity contribution in [3.8, 4) is 5.75 Å². The molecule has 4 aliphatic rings. The van der Waals surface area contributed by atoms with E-state index < -0.39 is 5.66 Å². The summed E-state index contributed by atoms with van der Waals surface area (Å²) in [5, 5.41) is 8.82. The highest BCUT2D eigenvalue weighted by Crippen LogP contribution is 2.58. The zero-order valence-corrected chi connectivity index (χ0v) is 31.8. The van der Waals surface area contributed by atoms with Crippen LogP contribution in [0.4, 0.5) is 0 Å². The summed E-state index contributed by atoms with van der Waals surface area (Å²) in [6, 6.07) is 15.6. The largest absolute Gasteiger partial charge is 0.494 e. The Kier molecular flexibility index (Phi) is 10.8. The lowest BCUT2D eigenvalue weighted by atomic mass is 9.73. The van der Waals surface area contributed by atoms with Crippen LogP contribution in [-0.2, 0) is 4.79 Å². The quantitative estimate of drug-likeness (QED) is 0.178. The molecule has 51 heavy (non-hydrogen) atoms. The van der Waals surface area contributed by atoms with Crippen molar-refractivity contribution in [1.82, 2.24) is 26.3 Å². The number of hydrogen-bond acceptors (Lipinski definition) is 8. The van der Waals surface area contributed by atoms with Gasteiger partial charge in [-0.3, -0.25) is 19.6 Å². The van der Waals surface area contributed by atoms with Crippen LogP contribution >= 0.6 is 0 Å². The van der Waals surface area contributed by atoms with Crippen molar-refractivity contribution in [2.75, 3.05) is 20.2 Å². The predicted molar refractivity (Wildman–Crippen MR) is 203 cm³/mol. The number of nitrogens with zero attached hydrogens (tertiary/aromatic N) is 4. The molecule has 2 aliphatic carbocycles. The van der Waals surface area contributed by atoms with Crippen LogP contribution in [-0.4, -0.2) is 59.1 Å². The number of hydrazone groups is 1. The smallest absolute Gasteiger partial charge is 0.275 e. The molecule has 2 aromatic rings. The second kappa shape index (κ2) is 15.0. The number of ether oxygens (including phenoxy) is 1. The van der Waals surface area contributed by atoms with E-state index in [2.05, 4.69) is 67.9 Å². The fraction of sp³-hybridized carbons (Fsp3) is 0.610. The minimum atomic E-state index is -0.600. The molecule has 10 nitrogen and oxygen atoms in total. The standard InChI is InChI=1S/C41H59N7O3/c1-28(2)10-9-25-51-33-12-8-11-31(26-33)36-38(50)48(41(43-36)21-17-32(18-22-41)40(6)23-24-40)34(19-20-39(3,4)5)29-13-15-30(16-14-29)37(49)42-27-35-44-45-46-47(35)7/h8,11-16,26,28,32,34,45-46H,9-10,17-25,27H2,1-7H3,(H,42,49)/t32?,34-,41?/m1/s1. The number of likely N-dealkylation sites (N-methyl/N-ethyl adjacent to an activating group) is 1. The van der Waals surface area contributed by atoms with E-state index in [1.165, 1.54) is 12.8 Å². The van der Waals surface area contributed by atoms with Gasteiger partial charge in [0.25, 0.3) is 11.8 Å². The van der Waals surface area contributed by atoms with Gasteiger partial charge in [0.2, 0.25) is 0 Å². The Balaban J connectivity index is 1.29. The number of amidine groups is 1. The Hall–Kier alpha value is -3.92. The molecular formula is C41H59N7O3. The van der Waals surface area contributed by atoms with Crippen molar-refractivity contribution in [2.45, 2.75) is 117 Å². The van der Waals surface area contributed by atoms with Crippen LogP contribution in [0.3, 0.4) is 0 Å². The zero-order valence-electron chi connectivity index (χ0n) is 31.8. The van der Waals surface area contributed by atoms with Crippen molar-refractivity contribution in [3.05, 3.63) is 65.2 Å². The number of nitrogens with one attached hydrogen (secondary N) is 3. The molecule has 2 amide bonds. The van der Waals surface area contributed by atoms with Crippen LogP contribution in [0.25, 0.3) is 0 Å². The van der Waals surface area contributed by atoms with Gasteiger partial charge < -0.3 is 15.0 Å². The molecule has 6 rings (SSSR count). The van der Waals surface area contributed by atoms with E-state index >= 15 is 0 Å². The van der Waals surface area contributed by atoms with Gasteiger partial charge in [0.15, 0.2) is 5.84 Å². The third-order valence-electron chi connectivity index (χ3n) is 11.5. The summed E-state index contributed by atoms with van der Waals surface area (Å²) in [6.07, 6.45) is 10.3. The first-order valence-corrected chi connectivity index (χ1v) is 19.1. The maximum absolute atomic E-state index is 14.9. The highest BCUT2D eigenvalue weighted by Gasteiger charge is 2.55. The van der Waals surface area contributed by atoms with Crippen LogP contribution in [0.5, 0.6) is 5.75 Å². The van der Waals surface area contributed by atoms with E-state index in [-0.39, 0.29) is 23.3 Å². The molecule has 2 fully saturated rings. The number of hydrazine groups is 2. The molecule has 2 saturated carbocycles. The second-order valence-corrected chi connectivity index (χ2v) is 17.2. The van der Waals surface area contributed by atoms with Crippen molar-refractivity contribution in [2.24, 2.45) is 32.8 Å². The van der Waals surface area contributed by atoms with Gasteiger partial charge in [0.1, 0.15) is 17.1 Å². The number of benzene rings is 2. The molecule has 10 heteroatoms. The molecule has 3 N–H and O–H groups in total. The lowest BCUT2D eigenvalue weighted by Crippen LogP contribution is -2.51. The van der Waals surface area contributed by atoms with Gasteiger partial charge in [-0.1, -0.05) is 65.8 Å². The van der Waals surface area contributed by atoms with Crippen LogP contribution in [0, 0.1) is 22.7 Å². The van der Waals surface area contributed by atoms with Crippen LogP contribution in [0.2, 0.25) is 0 Å². The summed E-state index contributed by atoms with van der Waals surface area (Å²) in [5.41, 5.74) is 8.43. The molecule has 1 spiro atoms. The Morgan fingerprint density at radius 2 is 1.78 bits per heavy atom.